The SMILES string of the molecule is COC1CCN(Cc2ccc3n(c2=O)C[C@H]2C[C@@H]3CN(c3cc(C#N)ccn3)C2)CC1. The van der Waals surface area contributed by atoms with Crippen LogP contribution in [0.15, 0.2) is 35.3 Å². The molecular formula is C24H29N5O2. The van der Waals surface area contributed by atoms with Gasteiger partial charge >= 0.3 is 0 Å². The van der Waals surface area contributed by atoms with Crippen LogP contribution >= 0.6 is 0 Å². The first-order valence-corrected chi connectivity index (χ1v) is 11.2. The van der Waals surface area contributed by atoms with Gasteiger partial charge in [-0.3, -0.25) is 9.69 Å². The second kappa shape index (κ2) is 8.45. The number of methoxy groups -OCH3 is 1. The predicted octanol–water partition coefficient (Wildman–Crippen LogP) is 2.35. The van der Waals surface area contributed by atoms with Crippen LogP contribution in [0, 0.1) is 17.2 Å². The summed E-state index contributed by atoms with van der Waals surface area (Å²) in [7, 11) is 1.78. The lowest BCUT2D eigenvalue weighted by molar-refractivity contribution is 0.0387. The molecule has 7 heteroatoms. The van der Waals surface area contributed by atoms with Crippen molar-refractivity contribution in [2.75, 3.05) is 38.2 Å². The van der Waals surface area contributed by atoms with Gasteiger partial charge in [-0.15, -0.1) is 0 Å². The Hall–Kier alpha value is -2.69. The van der Waals surface area contributed by atoms with Gasteiger partial charge in [-0.25, -0.2) is 4.98 Å². The fraction of sp³-hybridized carbons (Fsp3) is 0.542. The maximum atomic E-state index is 13.3. The molecule has 2 saturated heterocycles. The number of fused-ring (bicyclic) bond motifs is 4. The van der Waals surface area contributed by atoms with E-state index in [-0.39, 0.29) is 5.56 Å². The molecule has 0 amide bonds. The Morgan fingerprint density at radius 1 is 1.19 bits per heavy atom. The lowest BCUT2D eigenvalue weighted by Crippen LogP contribution is -2.48. The maximum absolute atomic E-state index is 13.3. The molecule has 0 saturated carbocycles. The van der Waals surface area contributed by atoms with Gasteiger partial charge < -0.3 is 14.2 Å². The summed E-state index contributed by atoms with van der Waals surface area (Å²) in [5.41, 5.74) is 2.86. The molecule has 5 heterocycles. The van der Waals surface area contributed by atoms with E-state index >= 15 is 0 Å². The van der Waals surface area contributed by atoms with Crippen LogP contribution in [-0.2, 0) is 17.8 Å². The summed E-state index contributed by atoms with van der Waals surface area (Å²) in [6.07, 6.45) is 5.23. The van der Waals surface area contributed by atoms with Crippen LogP contribution in [0.5, 0.6) is 0 Å². The first-order valence-electron chi connectivity index (χ1n) is 11.2. The molecule has 3 aliphatic rings. The average Bonchev–Trinajstić information content (AvgIpc) is 2.81. The highest BCUT2D eigenvalue weighted by atomic mass is 16.5. The van der Waals surface area contributed by atoms with Gasteiger partial charge in [-0.05, 0) is 43.4 Å². The average molecular weight is 420 g/mol. The van der Waals surface area contributed by atoms with Gasteiger partial charge in [0.05, 0.1) is 17.7 Å². The summed E-state index contributed by atoms with van der Waals surface area (Å²) in [6.45, 7) is 5.16. The predicted molar refractivity (Wildman–Crippen MR) is 118 cm³/mol. The molecule has 2 aromatic rings. The summed E-state index contributed by atoms with van der Waals surface area (Å²) < 4.78 is 7.50. The summed E-state index contributed by atoms with van der Waals surface area (Å²) in [6, 6.07) is 10.0. The van der Waals surface area contributed by atoms with Crippen LogP contribution in [0.4, 0.5) is 5.82 Å². The number of nitriles is 1. The molecule has 5 rings (SSSR count). The molecule has 2 atom stereocenters. The van der Waals surface area contributed by atoms with E-state index in [9.17, 15) is 10.1 Å². The zero-order valence-corrected chi connectivity index (χ0v) is 18.0. The van der Waals surface area contributed by atoms with Crippen molar-refractivity contribution < 1.29 is 4.74 Å². The zero-order chi connectivity index (χ0) is 21.4. The van der Waals surface area contributed by atoms with Crippen molar-refractivity contribution >= 4 is 5.82 Å². The normalized spacial score (nSPS) is 23.9. The van der Waals surface area contributed by atoms with Crippen LogP contribution < -0.4 is 10.5 Å². The first kappa shape index (κ1) is 20.2. The summed E-state index contributed by atoms with van der Waals surface area (Å²) >= 11 is 0. The van der Waals surface area contributed by atoms with Crippen molar-refractivity contribution in [3.8, 4) is 6.07 Å². The topological polar surface area (TPSA) is 74.4 Å². The molecule has 0 N–H and O–H groups in total. The van der Waals surface area contributed by atoms with Gasteiger partial charge in [0, 0.05) is 69.8 Å². The van der Waals surface area contributed by atoms with Crippen molar-refractivity contribution in [1.29, 1.82) is 5.26 Å². The van der Waals surface area contributed by atoms with Crippen molar-refractivity contribution in [1.82, 2.24) is 14.5 Å². The van der Waals surface area contributed by atoms with E-state index in [0.717, 1.165) is 75.6 Å². The van der Waals surface area contributed by atoms with Gasteiger partial charge in [0.15, 0.2) is 0 Å². The minimum absolute atomic E-state index is 0.180. The van der Waals surface area contributed by atoms with E-state index in [1.807, 2.05) is 16.7 Å². The Kier molecular flexibility index (Phi) is 5.51. The van der Waals surface area contributed by atoms with E-state index < -0.39 is 0 Å². The highest BCUT2D eigenvalue weighted by molar-refractivity contribution is 5.46. The van der Waals surface area contributed by atoms with Gasteiger partial charge in [-0.2, -0.15) is 5.26 Å². The number of anilines is 1. The molecule has 2 bridgehead atoms. The number of hydrogen-bond acceptors (Lipinski definition) is 6. The number of likely N-dealkylation sites (tertiary alicyclic amines) is 1. The van der Waals surface area contributed by atoms with Gasteiger partial charge in [0.25, 0.3) is 5.56 Å². The van der Waals surface area contributed by atoms with Crippen LogP contribution in [0.3, 0.4) is 0 Å². The Morgan fingerprint density at radius 2 is 2.03 bits per heavy atom. The van der Waals surface area contributed by atoms with Crippen LogP contribution in [-0.4, -0.2) is 53.8 Å². The molecule has 2 fully saturated rings. The number of rotatable bonds is 4. The number of aromatic nitrogens is 2. The van der Waals surface area contributed by atoms with Crippen molar-refractivity contribution in [3.05, 3.63) is 57.6 Å². The second-order valence-electron chi connectivity index (χ2n) is 9.13. The quantitative estimate of drug-likeness (QED) is 0.757. The van der Waals surface area contributed by atoms with Crippen molar-refractivity contribution in [2.24, 2.45) is 5.92 Å². The van der Waals surface area contributed by atoms with Gasteiger partial charge in [-0.1, -0.05) is 6.07 Å². The third kappa shape index (κ3) is 3.98. The van der Waals surface area contributed by atoms with E-state index in [1.54, 1.807) is 19.4 Å². The Balaban J connectivity index is 1.34. The summed E-state index contributed by atoms with van der Waals surface area (Å²) in [4.78, 5) is 22.5. The summed E-state index contributed by atoms with van der Waals surface area (Å²) in [5.74, 6) is 1.60. The number of pyridine rings is 2. The van der Waals surface area contributed by atoms with Gasteiger partial charge in [0.2, 0.25) is 0 Å². The van der Waals surface area contributed by atoms with Crippen LogP contribution in [0.2, 0.25) is 0 Å². The third-order valence-electron chi connectivity index (χ3n) is 7.14. The Labute approximate surface area is 182 Å². The summed E-state index contributed by atoms with van der Waals surface area (Å²) in [5, 5.41) is 9.21. The molecule has 0 unspecified atom stereocenters. The number of hydrogen-bond donors (Lipinski definition) is 0. The number of piperidine rings is 2. The monoisotopic (exact) mass is 419 g/mol. The molecule has 0 aliphatic carbocycles. The van der Waals surface area contributed by atoms with Crippen molar-refractivity contribution in [3.63, 3.8) is 0 Å². The maximum Gasteiger partial charge on any atom is 0.255 e. The molecule has 0 aromatic carbocycles. The van der Waals surface area contributed by atoms with E-state index in [1.165, 1.54) is 0 Å². The standard InChI is InChI=1S/C24H29N5O2/c1-31-21-5-8-27(9-6-21)15-19-2-3-22-20-10-18(14-29(22)24(19)30)13-28(16-20)23-11-17(12-25)4-7-26-23/h2-4,7,11,18,20-21H,5-6,8-10,13-16H2,1H3/t18-,20+/m0/s1. The van der Waals surface area contributed by atoms with E-state index in [4.69, 9.17) is 4.74 Å². The Bertz CT molecular complexity index is 1050. The molecule has 7 nitrogen and oxygen atoms in total. The fourth-order valence-corrected chi connectivity index (χ4v) is 5.50. The lowest BCUT2D eigenvalue weighted by atomic mass is 9.83. The fourth-order valence-electron chi connectivity index (χ4n) is 5.50. The number of ether oxygens (including phenoxy) is 1. The van der Waals surface area contributed by atoms with Crippen LogP contribution in [0.25, 0.3) is 0 Å². The first-order chi connectivity index (χ1) is 15.1. The van der Waals surface area contributed by atoms with E-state index in [0.29, 0.717) is 23.5 Å². The molecule has 3 aliphatic heterocycles. The second-order valence-corrected chi connectivity index (χ2v) is 9.13. The molecule has 31 heavy (non-hydrogen) atoms. The zero-order valence-electron chi connectivity index (χ0n) is 18.0. The lowest BCUT2D eigenvalue weighted by Gasteiger charge is -2.43. The largest absolute Gasteiger partial charge is 0.381 e. The molecular weight excluding hydrogens is 390 g/mol. The molecule has 162 valence electrons. The van der Waals surface area contributed by atoms with Crippen LogP contribution in [0.1, 0.15) is 42.0 Å². The highest BCUT2D eigenvalue weighted by Crippen LogP contribution is 2.36. The number of nitrogens with zero attached hydrogens (tertiary/aromatic N) is 5. The minimum Gasteiger partial charge on any atom is -0.381 e. The molecule has 0 radical (unpaired) electrons. The van der Waals surface area contributed by atoms with Gasteiger partial charge in [0.1, 0.15) is 5.82 Å². The molecule has 0 spiro atoms. The van der Waals surface area contributed by atoms with E-state index in [2.05, 4.69) is 26.9 Å². The highest BCUT2D eigenvalue weighted by Gasteiger charge is 2.35. The Morgan fingerprint density at radius 3 is 2.81 bits per heavy atom. The van der Waals surface area contributed by atoms with Crippen molar-refractivity contribution in [2.45, 2.75) is 44.4 Å². The minimum atomic E-state index is 0.180. The molecule has 2 aromatic heterocycles. The third-order valence-corrected chi connectivity index (χ3v) is 7.14. The smallest absolute Gasteiger partial charge is 0.255 e.